The number of rotatable bonds is 21. The third-order valence-corrected chi connectivity index (χ3v) is 13.2. The topological polar surface area (TPSA) is 191 Å². The molecule has 306 valence electrons. The lowest BCUT2D eigenvalue weighted by molar-refractivity contribution is -0.121. The number of carbonyl (C=O) groups is 2. The highest BCUT2D eigenvalue weighted by Gasteiger charge is 2.60. The quantitative estimate of drug-likeness (QED) is 0.0782. The average molecular weight is 796 g/mol. The van der Waals surface area contributed by atoms with Crippen molar-refractivity contribution in [3.8, 4) is 11.5 Å². The molecule has 4 aliphatic heterocycles. The molecule has 0 aliphatic carbocycles. The third kappa shape index (κ3) is 9.52. The molecule has 17 nitrogen and oxygen atoms in total. The lowest BCUT2D eigenvalue weighted by Gasteiger charge is -2.35. The van der Waals surface area contributed by atoms with E-state index in [1.54, 1.807) is 11.8 Å². The van der Waals surface area contributed by atoms with Gasteiger partial charge in [-0.2, -0.15) is 16.7 Å². The monoisotopic (exact) mass is 795 g/mol. The first kappa shape index (κ1) is 40.1. The van der Waals surface area contributed by atoms with Gasteiger partial charge in [0.05, 0.1) is 62.9 Å². The zero-order chi connectivity index (χ0) is 39.0. The van der Waals surface area contributed by atoms with Crippen LogP contribution >= 0.6 is 11.8 Å². The van der Waals surface area contributed by atoms with Gasteiger partial charge < -0.3 is 50.4 Å². The fraction of sp³-hybridized carbons (Fsp3) is 0.684. The van der Waals surface area contributed by atoms with Gasteiger partial charge in [0.1, 0.15) is 18.1 Å². The molecular weight excluding hydrogens is 739 g/mol. The maximum absolute atomic E-state index is 12.3. The van der Waals surface area contributed by atoms with E-state index in [4.69, 9.17) is 28.9 Å². The molecule has 3 aromatic rings. The van der Waals surface area contributed by atoms with Crippen molar-refractivity contribution in [2.45, 2.75) is 94.3 Å². The number of ether oxygens (including phenoxy) is 4. The highest BCUT2D eigenvalue weighted by molar-refractivity contribution is 8.00. The molecule has 4 saturated heterocycles. The summed E-state index contributed by atoms with van der Waals surface area (Å²) in [5, 5.41) is 25.9. The van der Waals surface area contributed by atoms with Gasteiger partial charge in [0.15, 0.2) is 11.5 Å². The number of aromatic nitrogens is 5. The first-order chi connectivity index (χ1) is 27.2. The second-order valence-electron chi connectivity index (χ2n) is 15.4. The first-order valence-corrected chi connectivity index (χ1v) is 21.1. The molecule has 1 aromatic carbocycles. The van der Waals surface area contributed by atoms with Crippen LogP contribution in [-0.4, -0.2) is 131 Å². The number of fused-ring (bicyclic) bond motifs is 2. The van der Waals surface area contributed by atoms with E-state index in [0.717, 1.165) is 93.1 Å². The van der Waals surface area contributed by atoms with Crippen molar-refractivity contribution in [3.05, 3.63) is 24.0 Å². The van der Waals surface area contributed by atoms with Gasteiger partial charge in [-0.15, -0.1) is 5.10 Å². The lowest BCUT2D eigenvalue weighted by atomic mass is 9.79. The van der Waals surface area contributed by atoms with E-state index >= 15 is 0 Å². The molecule has 2 aromatic heterocycles. The Kier molecular flexibility index (Phi) is 13.2. The van der Waals surface area contributed by atoms with Crippen molar-refractivity contribution in [2.24, 2.45) is 0 Å². The van der Waals surface area contributed by atoms with Crippen molar-refractivity contribution in [1.29, 1.82) is 0 Å². The Morgan fingerprint density at radius 2 is 1.89 bits per heavy atom. The van der Waals surface area contributed by atoms with Crippen LogP contribution in [0.4, 0.5) is 16.6 Å². The Balaban J connectivity index is 0.772. The maximum atomic E-state index is 12.3. The van der Waals surface area contributed by atoms with Crippen LogP contribution in [0, 0.1) is 0 Å². The van der Waals surface area contributed by atoms with E-state index < -0.39 is 0 Å². The Hall–Kier alpha value is -4.13. The predicted molar refractivity (Wildman–Crippen MR) is 215 cm³/mol. The summed E-state index contributed by atoms with van der Waals surface area (Å²) in [7, 11) is 1.63. The fourth-order valence-electron chi connectivity index (χ4n) is 7.86. The first-order valence-electron chi connectivity index (χ1n) is 20.0. The molecule has 6 heterocycles. The van der Waals surface area contributed by atoms with Gasteiger partial charge in [0.25, 0.3) is 0 Å². The molecule has 7 rings (SSSR count). The molecule has 4 aliphatic rings. The fourth-order valence-corrected chi connectivity index (χ4v) is 9.75. The number of unbranched alkanes of at least 4 members (excludes halogenated alkanes) is 1. The number of amides is 3. The van der Waals surface area contributed by atoms with E-state index in [1.165, 1.54) is 0 Å². The summed E-state index contributed by atoms with van der Waals surface area (Å²) in [6.45, 7) is 11.0. The van der Waals surface area contributed by atoms with E-state index in [1.807, 2.05) is 30.1 Å². The maximum Gasteiger partial charge on any atom is 0.315 e. The number of carbonyl (C=O) groups excluding carboxylic acids is 2. The molecule has 0 saturated carbocycles. The van der Waals surface area contributed by atoms with Gasteiger partial charge >= 0.3 is 6.03 Å². The number of hydrogen-bond donors (Lipinski definition) is 5. The largest absolute Gasteiger partial charge is 0.493 e. The smallest absolute Gasteiger partial charge is 0.315 e. The molecule has 3 amide bonds. The zero-order valence-electron chi connectivity index (χ0n) is 32.9. The van der Waals surface area contributed by atoms with Crippen LogP contribution in [0.25, 0.3) is 10.9 Å². The predicted octanol–water partition coefficient (Wildman–Crippen LogP) is 2.84. The van der Waals surface area contributed by atoms with Gasteiger partial charge in [-0.25, -0.2) is 14.5 Å². The minimum atomic E-state index is -0.256. The molecule has 0 unspecified atom stereocenters. The van der Waals surface area contributed by atoms with Crippen molar-refractivity contribution < 1.29 is 28.5 Å². The van der Waals surface area contributed by atoms with Gasteiger partial charge in [-0.3, -0.25) is 4.79 Å². The highest BCUT2D eigenvalue weighted by Crippen LogP contribution is 2.47. The van der Waals surface area contributed by atoms with Gasteiger partial charge in [-0.1, -0.05) is 11.6 Å². The van der Waals surface area contributed by atoms with Crippen LogP contribution in [0.3, 0.4) is 0 Å². The second kappa shape index (κ2) is 18.4. The van der Waals surface area contributed by atoms with E-state index in [0.29, 0.717) is 74.4 Å². The number of nitrogens with zero attached hydrogens (tertiary/aromatic N) is 6. The minimum Gasteiger partial charge on any atom is -0.493 e. The summed E-state index contributed by atoms with van der Waals surface area (Å²) in [6, 6.07) is 4.09. The molecule has 0 spiro atoms. The van der Waals surface area contributed by atoms with Crippen LogP contribution < -0.4 is 41.0 Å². The zero-order valence-corrected chi connectivity index (χ0v) is 33.7. The summed E-state index contributed by atoms with van der Waals surface area (Å²) in [5.41, 5.74) is 0.999. The van der Waals surface area contributed by atoms with Crippen molar-refractivity contribution in [1.82, 2.24) is 46.2 Å². The summed E-state index contributed by atoms with van der Waals surface area (Å²) >= 11 is 1.90. The molecule has 4 atom stereocenters. The second-order valence-corrected chi connectivity index (χ2v) is 16.6. The number of anilines is 2. The molecule has 0 radical (unpaired) electrons. The Bertz CT molecular complexity index is 1800. The average Bonchev–Trinajstić information content (AvgIpc) is 4.03. The number of methoxy groups -OCH3 is 1. The lowest BCUT2D eigenvalue weighted by Crippen LogP contribution is -2.58. The Morgan fingerprint density at radius 3 is 2.70 bits per heavy atom. The molecule has 18 heteroatoms. The normalized spacial score (nSPS) is 24.3. The standard InChI is InChI=1S/C38H57N11O6S/c1-37-25-56-32(38(37,2)45-36(51)44-37)8-4-5-9-33(50)40-12-16-53-18-19-54-17-15-49-23-27(46-47-49)24-55-31-21-29-28(20-30(31)52-3)34(41-26-10-11-39-22-26)43-35(42-29)48-13-6-7-14-48/h20-21,23,26,32,39H,4-19,22,24-25H2,1-3H3,(H,40,50)(H,41,42,43)(H2,44,45,51)/t26-,32+,37+,38-/m1/s1. The van der Waals surface area contributed by atoms with Crippen LogP contribution in [0.2, 0.25) is 0 Å². The van der Waals surface area contributed by atoms with Gasteiger partial charge in [0, 0.05) is 61.1 Å². The molecule has 56 heavy (non-hydrogen) atoms. The molecule has 0 bridgehead atoms. The van der Waals surface area contributed by atoms with E-state index in [9.17, 15) is 9.59 Å². The number of hydrogen-bond acceptors (Lipinski definition) is 14. The summed E-state index contributed by atoms with van der Waals surface area (Å²) in [5.74, 6) is 3.66. The SMILES string of the molecule is COc1cc2c(N[C@@H]3CCNC3)nc(N3CCCC3)nc2cc1OCc1cn(CCOCCOCCNC(=O)CCCC[C@@H]2SC[C@]3(C)NC(=O)N[C@]23C)nn1. The van der Waals surface area contributed by atoms with Crippen LogP contribution in [0.5, 0.6) is 11.5 Å². The Labute approximate surface area is 332 Å². The van der Waals surface area contributed by atoms with Crippen molar-refractivity contribution >= 4 is 46.4 Å². The summed E-state index contributed by atoms with van der Waals surface area (Å²) in [6.07, 6.45) is 8.38. The van der Waals surface area contributed by atoms with Gasteiger partial charge in [0.2, 0.25) is 11.9 Å². The number of nitrogens with one attached hydrogen (secondary N) is 5. The molecule has 5 N–H and O–H groups in total. The summed E-state index contributed by atoms with van der Waals surface area (Å²) < 4.78 is 25.0. The van der Waals surface area contributed by atoms with Crippen LogP contribution in [-0.2, 0) is 27.4 Å². The molecule has 4 fully saturated rings. The van der Waals surface area contributed by atoms with Gasteiger partial charge in [-0.05, 0) is 58.6 Å². The van der Waals surface area contributed by atoms with E-state index in [2.05, 4.69) is 55.6 Å². The third-order valence-electron chi connectivity index (χ3n) is 11.4. The minimum absolute atomic E-state index is 0.0323. The number of thioether (sulfide) groups is 1. The van der Waals surface area contributed by atoms with Crippen molar-refractivity contribution in [3.63, 3.8) is 0 Å². The van der Waals surface area contributed by atoms with Crippen molar-refractivity contribution in [2.75, 3.05) is 82.2 Å². The number of urea groups is 1. The number of benzene rings is 1. The summed E-state index contributed by atoms with van der Waals surface area (Å²) in [4.78, 5) is 36.4. The Morgan fingerprint density at radius 1 is 1.05 bits per heavy atom. The van der Waals surface area contributed by atoms with E-state index in [-0.39, 0.29) is 29.6 Å². The van der Waals surface area contributed by atoms with Crippen LogP contribution in [0.15, 0.2) is 18.3 Å². The highest BCUT2D eigenvalue weighted by atomic mass is 32.2. The van der Waals surface area contributed by atoms with Crippen LogP contribution in [0.1, 0.15) is 64.5 Å². The molecular formula is C38H57N11O6S.